The zero-order chi connectivity index (χ0) is 13.8. The van der Waals surface area contributed by atoms with E-state index in [9.17, 15) is 18.0 Å². The van der Waals surface area contributed by atoms with Crippen molar-refractivity contribution in [1.29, 1.82) is 5.26 Å². The molecule has 0 fully saturated rings. The number of carbonyl (C=O) groups is 1. The Kier molecular flexibility index (Phi) is 4.32. The summed E-state index contributed by atoms with van der Waals surface area (Å²) in [6.45, 7) is 1.16. The third-order valence-electron chi connectivity index (χ3n) is 2.26. The Balaban J connectivity index is 2.94. The highest BCUT2D eigenvalue weighted by atomic mass is 19.4. The molecule has 0 spiro atoms. The van der Waals surface area contributed by atoms with Crippen LogP contribution in [0.5, 0.6) is 0 Å². The van der Waals surface area contributed by atoms with Crippen LogP contribution in [0, 0.1) is 11.3 Å². The molecule has 1 aromatic rings. The van der Waals surface area contributed by atoms with E-state index in [1.165, 1.54) is 24.3 Å². The van der Waals surface area contributed by atoms with Crippen molar-refractivity contribution in [2.24, 2.45) is 0 Å². The van der Waals surface area contributed by atoms with Gasteiger partial charge in [0.1, 0.15) is 0 Å². The third kappa shape index (κ3) is 4.45. The van der Waals surface area contributed by atoms with Gasteiger partial charge in [-0.2, -0.15) is 18.4 Å². The molecule has 0 aliphatic carbocycles. The van der Waals surface area contributed by atoms with Crippen molar-refractivity contribution in [1.82, 2.24) is 5.32 Å². The van der Waals surface area contributed by atoms with Crippen molar-refractivity contribution in [2.75, 3.05) is 0 Å². The minimum Gasteiger partial charge on any atom is -0.349 e. The van der Waals surface area contributed by atoms with Crippen molar-refractivity contribution in [3.63, 3.8) is 0 Å². The van der Waals surface area contributed by atoms with Crippen LogP contribution in [0.3, 0.4) is 0 Å². The van der Waals surface area contributed by atoms with E-state index in [0.29, 0.717) is 11.1 Å². The van der Waals surface area contributed by atoms with Gasteiger partial charge in [0.05, 0.1) is 24.1 Å². The molecule has 1 amide bonds. The molecule has 3 nitrogen and oxygen atoms in total. The minimum atomic E-state index is -4.37. The van der Waals surface area contributed by atoms with Gasteiger partial charge in [0, 0.05) is 6.92 Å². The van der Waals surface area contributed by atoms with E-state index < -0.39 is 24.5 Å². The van der Waals surface area contributed by atoms with Crippen molar-refractivity contribution in [2.45, 2.75) is 25.6 Å². The first kappa shape index (κ1) is 14.0. The minimum absolute atomic E-state index is 0.321. The predicted molar refractivity (Wildman–Crippen MR) is 58.4 cm³/mol. The lowest BCUT2D eigenvalue weighted by Crippen LogP contribution is -2.30. The van der Waals surface area contributed by atoms with Gasteiger partial charge in [0.15, 0.2) is 0 Å². The van der Waals surface area contributed by atoms with Gasteiger partial charge in [0.25, 0.3) is 0 Å². The van der Waals surface area contributed by atoms with E-state index in [-0.39, 0.29) is 0 Å². The first-order valence-corrected chi connectivity index (χ1v) is 5.16. The predicted octanol–water partition coefficient (Wildman–Crippen LogP) is 2.69. The fraction of sp³-hybridized carbons (Fsp3) is 0.333. The van der Waals surface area contributed by atoms with E-state index in [1.54, 1.807) is 0 Å². The molecular formula is C12H11F3N2O. The normalized spacial score (nSPS) is 12.6. The summed E-state index contributed by atoms with van der Waals surface area (Å²) in [5.74, 6) is -0.534. The highest BCUT2D eigenvalue weighted by Gasteiger charge is 2.33. The summed E-state index contributed by atoms with van der Waals surface area (Å²) in [7, 11) is 0. The van der Waals surface area contributed by atoms with Gasteiger partial charge in [-0.1, -0.05) is 12.1 Å². The lowest BCUT2D eigenvalue weighted by Gasteiger charge is -2.19. The summed E-state index contributed by atoms with van der Waals surface area (Å²) in [5, 5.41) is 10.8. The molecule has 0 radical (unpaired) electrons. The number of alkyl halides is 3. The zero-order valence-electron chi connectivity index (χ0n) is 9.58. The van der Waals surface area contributed by atoms with Gasteiger partial charge in [-0.25, -0.2) is 0 Å². The van der Waals surface area contributed by atoms with Gasteiger partial charge < -0.3 is 5.32 Å². The molecule has 0 bridgehead atoms. The number of rotatable bonds is 3. The summed E-state index contributed by atoms with van der Waals surface area (Å²) < 4.78 is 37.2. The van der Waals surface area contributed by atoms with Gasteiger partial charge in [-0.3, -0.25) is 4.79 Å². The van der Waals surface area contributed by atoms with Crippen LogP contribution in [-0.4, -0.2) is 12.1 Å². The number of benzene rings is 1. The molecule has 1 aromatic carbocycles. The summed E-state index contributed by atoms with van der Waals surface area (Å²) in [4.78, 5) is 10.9. The molecule has 1 N–H and O–H groups in total. The molecule has 0 aliphatic heterocycles. The number of nitrogens with one attached hydrogen (secondary N) is 1. The maximum absolute atomic E-state index is 12.4. The van der Waals surface area contributed by atoms with Crippen LogP contribution < -0.4 is 5.32 Å². The maximum Gasteiger partial charge on any atom is 0.391 e. The molecular weight excluding hydrogens is 245 g/mol. The van der Waals surface area contributed by atoms with Crippen molar-refractivity contribution in [3.8, 4) is 6.07 Å². The molecule has 96 valence electrons. The lowest BCUT2D eigenvalue weighted by atomic mass is 10.0. The molecule has 18 heavy (non-hydrogen) atoms. The molecule has 0 saturated carbocycles. The van der Waals surface area contributed by atoms with E-state index in [1.807, 2.05) is 6.07 Å². The lowest BCUT2D eigenvalue weighted by molar-refractivity contribution is -0.142. The van der Waals surface area contributed by atoms with E-state index in [0.717, 1.165) is 6.92 Å². The number of amides is 1. The fourth-order valence-corrected chi connectivity index (χ4v) is 1.52. The topological polar surface area (TPSA) is 52.9 Å². The molecule has 0 aromatic heterocycles. The third-order valence-corrected chi connectivity index (χ3v) is 2.26. The van der Waals surface area contributed by atoms with Crippen LogP contribution in [0.2, 0.25) is 0 Å². The Bertz CT molecular complexity index is 460. The molecule has 0 aliphatic rings. The summed E-state index contributed by atoms with van der Waals surface area (Å²) in [5.41, 5.74) is 0.675. The van der Waals surface area contributed by atoms with Crippen LogP contribution in [-0.2, 0) is 4.79 Å². The van der Waals surface area contributed by atoms with Crippen molar-refractivity contribution in [3.05, 3.63) is 35.4 Å². The average molecular weight is 256 g/mol. The van der Waals surface area contributed by atoms with E-state index in [4.69, 9.17) is 5.26 Å². The van der Waals surface area contributed by atoms with Gasteiger partial charge in [-0.15, -0.1) is 0 Å². The fourth-order valence-electron chi connectivity index (χ4n) is 1.52. The molecule has 1 rings (SSSR count). The van der Waals surface area contributed by atoms with Gasteiger partial charge in [0.2, 0.25) is 5.91 Å². The molecule has 6 heteroatoms. The smallest absolute Gasteiger partial charge is 0.349 e. The molecule has 0 heterocycles. The Labute approximate surface area is 102 Å². The number of nitrogens with zero attached hydrogens (tertiary/aromatic N) is 1. The largest absolute Gasteiger partial charge is 0.391 e. The molecule has 0 saturated heterocycles. The first-order valence-electron chi connectivity index (χ1n) is 5.16. The molecule has 1 unspecified atom stereocenters. The van der Waals surface area contributed by atoms with E-state index in [2.05, 4.69) is 5.32 Å². The van der Waals surface area contributed by atoms with Gasteiger partial charge >= 0.3 is 6.18 Å². The molecule has 1 atom stereocenters. The quantitative estimate of drug-likeness (QED) is 0.903. The highest BCUT2D eigenvalue weighted by Crippen LogP contribution is 2.29. The Morgan fingerprint density at radius 1 is 1.39 bits per heavy atom. The summed E-state index contributed by atoms with van der Waals surface area (Å²) >= 11 is 0. The van der Waals surface area contributed by atoms with Crippen LogP contribution in [0.25, 0.3) is 0 Å². The first-order chi connectivity index (χ1) is 8.31. The number of nitriles is 1. The Hall–Kier alpha value is -2.03. The second kappa shape index (κ2) is 5.54. The van der Waals surface area contributed by atoms with Gasteiger partial charge in [-0.05, 0) is 17.7 Å². The SMILES string of the molecule is CC(=O)NC(CC(F)(F)F)c1ccc(C#N)cc1. The Morgan fingerprint density at radius 3 is 2.33 bits per heavy atom. The standard InChI is InChI=1S/C12H11F3N2O/c1-8(18)17-11(6-12(13,14)15)10-4-2-9(7-16)3-5-10/h2-5,11H,6H2,1H3,(H,17,18). The zero-order valence-corrected chi connectivity index (χ0v) is 9.58. The van der Waals surface area contributed by atoms with Crippen LogP contribution in [0.4, 0.5) is 13.2 Å². The van der Waals surface area contributed by atoms with Crippen LogP contribution in [0.15, 0.2) is 24.3 Å². The second-order valence-electron chi connectivity index (χ2n) is 3.81. The number of carbonyl (C=O) groups excluding carboxylic acids is 1. The number of hydrogen-bond donors (Lipinski definition) is 1. The maximum atomic E-state index is 12.4. The average Bonchev–Trinajstić information content (AvgIpc) is 2.26. The summed E-state index contributed by atoms with van der Waals surface area (Å²) in [6, 6.07) is 6.39. The van der Waals surface area contributed by atoms with Crippen LogP contribution in [0.1, 0.15) is 30.5 Å². The van der Waals surface area contributed by atoms with Crippen molar-refractivity contribution >= 4 is 5.91 Å². The number of hydrogen-bond acceptors (Lipinski definition) is 2. The Morgan fingerprint density at radius 2 is 1.94 bits per heavy atom. The van der Waals surface area contributed by atoms with Crippen molar-refractivity contribution < 1.29 is 18.0 Å². The highest BCUT2D eigenvalue weighted by molar-refractivity contribution is 5.73. The van der Waals surface area contributed by atoms with E-state index >= 15 is 0 Å². The summed E-state index contributed by atoms with van der Waals surface area (Å²) in [6.07, 6.45) is -5.51. The second-order valence-corrected chi connectivity index (χ2v) is 3.81. The van der Waals surface area contributed by atoms with Crippen LogP contribution >= 0.6 is 0 Å². The monoisotopic (exact) mass is 256 g/mol. The number of halogens is 3.